The van der Waals surface area contributed by atoms with Gasteiger partial charge in [-0.25, -0.2) is 4.79 Å². The van der Waals surface area contributed by atoms with Crippen molar-refractivity contribution in [3.63, 3.8) is 0 Å². The van der Waals surface area contributed by atoms with Crippen LogP contribution in [0.15, 0.2) is 33.5 Å². The summed E-state index contributed by atoms with van der Waals surface area (Å²) in [6.45, 7) is 3.99. The molecule has 0 bridgehead atoms. The first kappa shape index (κ1) is 15.3. The van der Waals surface area contributed by atoms with Gasteiger partial charge in [-0.3, -0.25) is 4.90 Å². The van der Waals surface area contributed by atoms with Crippen LogP contribution < -0.4 is 5.63 Å². The van der Waals surface area contributed by atoms with Crippen molar-refractivity contribution in [2.45, 2.75) is 45.2 Å². The van der Waals surface area contributed by atoms with E-state index >= 15 is 0 Å². The molecule has 118 valence electrons. The van der Waals surface area contributed by atoms with Gasteiger partial charge in [0.1, 0.15) is 5.58 Å². The van der Waals surface area contributed by atoms with Gasteiger partial charge in [0.05, 0.1) is 0 Å². The minimum atomic E-state index is -0.279. The van der Waals surface area contributed by atoms with Crippen LogP contribution in [0.5, 0.6) is 0 Å². The third-order valence-electron chi connectivity index (χ3n) is 4.28. The molecular formula is C18H23NO3. The average Bonchev–Trinajstić information content (AvgIpc) is 3.30. The van der Waals surface area contributed by atoms with Gasteiger partial charge >= 0.3 is 5.63 Å². The third kappa shape index (κ3) is 3.57. The summed E-state index contributed by atoms with van der Waals surface area (Å²) in [6.07, 6.45) is 4.29. The third-order valence-corrected chi connectivity index (χ3v) is 4.28. The summed E-state index contributed by atoms with van der Waals surface area (Å²) < 4.78 is 5.33. The normalized spacial score (nSPS) is 14.9. The predicted octanol–water partition coefficient (Wildman–Crippen LogP) is 2.84. The number of nitrogens with zero attached hydrogens (tertiary/aromatic N) is 1. The second-order valence-corrected chi connectivity index (χ2v) is 6.22. The minimum absolute atomic E-state index is 0.246. The zero-order chi connectivity index (χ0) is 15.5. The van der Waals surface area contributed by atoms with Crippen LogP contribution in [0.25, 0.3) is 11.0 Å². The minimum Gasteiger partial charge on any atom is -0.423 e. The van der Waals surface area contributed by atoms with Crippen LogP contribution in [0.1, 0.15) is 36.8 Å². The summed E-state index contributed by atoms with van der Waals surface area (Å²) in [6, 6.07) is 8.28. The van der Waals surface area contributed by atoms with Crippen LogP contribution in [0.2, 0.25) is 0 Å². The van der Waals surface area contributed by atoms with Crippen molar-refractivity contribution in [2.24, 2.45) is 0 Å². The Labute approximate surface area is 130 Å². The Morgan fingerprint density at radius 1 is 1.27 bits per heavy atom. The van der Waals surface area contributed by atoms with E-state index in [1.165, 1.54) is 12.8 Å². The molecule has 1 N–H and O–H groups in total. The molecule has 0 unspecified atom stereocenters. The van der Waals surface area contributed by atoms with E-state index in [2.05, 4.69) is 11.0 Å². The van der Waals surface area contributed by atoms with Crippen molar-refractivity contribution in [3.8, 4) is 0 Å². The highest BCUT2D eigenvalue weighted by molar-refractivity contribution is 5.80. The van der Waals surface area contributed by atoms with Crippen LogP contribution >= 0.6 is 0 Å². The number of rotatable bonds is 7. The lowest BCUT2D eigenvalue weighted by Crippen LogP contribution is -2.27. The molecule has 4 heteroatoms. The Bertz CT molecular complexity index is 703. The number of aryl methyl sites for hydroxylation is 1. The fraction of sp³-hybridized carbons (Fsp3) is 0.500. The van der Waals surface area contributed by atoms with Gasteiger partial charge in [0.25, 0.3) is 0 Å². The fourth-order valence-electron chi connectivity index (χ4n) is 2.94. The van der Waals surface area contributed by atoms with Crippen molar-refractivity contribution in [1.29, 1.82) is 0 Å². The second kappa shape index (κ2) is 6.63. The largest absolute Gasteiger partial charge is 0.423 e. The van der Waals surface area contributed by atoms with E-state index in [9.17, 15) is 4.79 Å². The molecule has 1 saturated carbocycles. The highest BCUT2D eigenvalue weighted by atomic mass is 16.4. The molecule has 1 aromatic heterocycles. The molecule has 1 heterocycles. The topological polar surface area (TPSA) is 53.7 Å². The number of aliphatic hydroxyl groups is 1. The zero-order valence-electron chi connectivity index (χ0n) is 13.0. The summed E-state index contributed by atoms with van der Waals surface area (Å²) in [5.41, 5.74) is 2.53. The fourth-order valence-corrected chi connectivity index (χ4v) is 2.94. The highest BCUT2D eigenvalue weighted by Gasteiger charge is 2.28. The first-order valence-corrected chi connectivity index (χ1v) is 8.05. The van der Waals surface area contributed by atoms with Crippen molar-refractivity contribution >= 4 is 11.0 Å². The summed E-state index contributed by atoms with van der Waals surface area (Å²) in [4.78, 5) is 14.3. The van der Waals surface area contributed by atoms with Gasteiger partial charge < -0.3 is 9.52 Å². The summed E-state index contributed by atoms with van der Waals surface area (Å²) in [7, 11) is 0. The van der Waals surface area contributed by atoms with E-state index in [-0.39, 0.29) is 12.2 Å². The van der Waals surface area contributed by atoms with Crippen LogP contribution in [-0.2, 0) is 6.54 Å². The Morgan fingerprint density at radius 2 is 2.09 bits per heavy atom. The molecule has 1 aromatic carbocycles. The van der Waals surface area contributed by atoms with Gasteiger partial charge in [-0.1, -0.05) is 12.1 Å². The quantitative estimate of drug-likeness (QED) is 0.631. The molecular weight excluding hydrogens is 278 g/mol. The van der Waals surface area contributed by atoms with E-state index in [1.54, 1.807) is 6.07 Å². The molecule has 22 heavy (non-hydrogen) atoms. The first-order valence-electron chi connectivity index (χ1n) is 8.05. The molecule has 0 amide bonds. The monoisotopic (exact) mass is 301 g/mol. The zero-order valence-corrected chi connectivity index (χ0v) is 13.0. The lowest BCUT2D eigenvalue weighted by atomic mass is 10.1. The van der Waals surface area contributed by atoms with Gasteiger partial charge in [-0.2, -0.15) is 0 Å². The predicted molar refractivity (Wildman–Crippen MR) is 87.0 cm³/mol. The molecule has 0 saturated heterocycles. The molecule has 0 radical (unpaired) electrons. The molecule has 4 nitrogen and oxygen atoms in total. The number of aliphatic hydroxyl groups excluding tert-OH is 1. The summed E-state index contributed by atoms with van der Waals surface area (Å²) in [5, 5.41) is 9.98. The first-order chi connectivity index (χ1) is 10.7. The SMILES string of the molecule is Cc1ccc2c(CN(CCCCO)C3CC3)cc(=O)oc2c1. The van der Waals surface area contributed by atoms with Gasteiger partial charge in [0.2, 0.25) is 0 Å². The number of benzene rings is 1. The maximum atomic E-state index is 11.8. The molecule has 0 aliphatic heterocycles. The van der Waals surface area contributed by atoms with Crippen molar-refractivity contribution in [2.75, 3.05) is 13.2 Å². The smallest absolute Gasteiger partial charge is 0.336 e. The van der Waals surface area contributed by atoms with Gasteiger partial charge in [0, 0.05) is 30.6 Å². The van der Waals surface area contributed by atoms with E-state index in [0.717, 1.165) is 42.4 Å². The van der Waals surface area contributed by atoms with Crippen molar-refractivity contribution in [1.82, 2.24) is 4.90 Å². The van der Waals surface area contributed by atoms with Crippen LogP contribution in [0.4, 0.5) is 0 Å². The summed E-state index contributed by atoms with van der Waals surface area (Å²) >= 11 is 0. The highest BCUT2D eigenvalue weighted by Crippen LogP contribution is 2.30. The van der Waals surface area contributed by atoms with Crippen molar-refractivity contribution < 1.29 is 9.52 Å². The summed E-state index contributed by atoms with van der Waals surface area (Å²) in [5.74, 6) is 0. The Kier molecular flexibility index (Phi) is 4.60. The van der Waals surface area contributed by atoms with Gasteiger partial charge in [-0.05, 0) is 56.3 Å². The molecule has 1 fully saturated rings. The Balaban J connectivity index is 1.86. The van der Waals surface area contributed by atoms with E-state index in [0.29, 0.717) is 11.6 Å². The van der Waals surface area contributed by atoms with Crippen molar-refractivity contribution in [3.05, 3.63) is 45.8 Å². The second-order valence-electron chi connectivity index (χ2n) is 6.22. The van der Waals surface area contributed by atoms with Crippen LogP contribution in [-0.4, -0.2) is 29.2 Å². The Hall–Kier alpha value is -1.65. The molecule has 1 aliphatic rings. The average molecular weight is 301 g/mol. The van der Waals surface area contributed by atoms with Crippen LogP contribution in [0.3, 0.4) is 0 Å². The van der Waals surface area contributed by atoms with E-state index < -0.39 is 0 Å². The molecule has 0 atom stereocenters. The molecule has 1 aliphatic carbocycles. The molecule has 3 rings (SSSR count). The standard InChI is InChI=1S/C18H23NO3/c1-13-4-7-16-14(11-18(21)22-17(16)10-13)12-19(15-5-6-15)8-2-3-9-20/h4,7,10-11,15,20H,2-3,5-6,8-9,12H2,1H3. The number of unbranched alkanes of at least 4 members (excludes halogenated alkanes) is 1. The molecule has 0 spiro atoms. The number of hydrogen-bond donors (Lipinski definition) is 1. The van der Waals surface area contributed by atoms with Crippen LogP contribution in [0, 0.1) is 6.92 Å². The molecule has 2 aromatic rings. The lowest BCUT2D eigenvalue weighted by molar-refractivity contribution is 0.229. The number of fused-ring (bicyclic) bond motifs is 1. The maximum absolute atomic E-state index is 11.8. The van der Waals surface area contributed by atoms with Gasteiger partial charge in [-0.15, -0.1) is 0 Å². The number of hydrogen-bond acceptors (Lipinski definition) is 4. The maximum Gasteiger partial charge on any atom is 0.336 e. The van der Waals surface area contributed by atoms with Gasteiger partial charge in [0.15, 0.2) is 0 Å². The lowest BCUT2D eigenvalue weighted by Gasteiger charge is -2.22. The Morgan fingerprint density at radius 3 is 2.82 bits per heavy atom. The van der Waals surface area contributed by atoms with E-state index in [1.807, 2.05) is 19.1 Å². The van der Waals surface area contributed by atoms with E-state index in [4.69, 9.17) is 9.52 Å².